The molecule has 6 nitrogen and oxygen atoms in total. The summed E-state index contributed by atoms with van der Waals surface area (Å²) in [6, 6.07) is 8.55. The fourth-order valence-electron chi connectivity index (χ4n) is 2.53. The first-order valence-corrected chi connectivity index (χ1v) is 7.88. The first-order chi connectivity index (χ1) is 12.0. The summed E-state index contributed by atoms with van der Waals surface area (Å²) in [7, 11) is 0. The molecular formula is C16H9Cl2FN5O+. The summed E-state index contributed by atoms with van der Waals surface area (Å²) in [6.07, 6.45) is 2.90. The Morgan fingerprint density at radius 2 is 2.00 bits per heavy atom. The SMILES string of the molecule is O=c1c2cc(F)ccc2nc(-[n+]2cnc[nH]2)n1-c1ccc(Cl)cc1Cl. The van der Waals surface area contributed by atoms with E-state index < -0.39 is 11.4 Å². The lowest BCUT2D eigenvalue weighted by Crippen LogP contribution is -2.40. The molecular weight excluding hydrogens is 368 g/mol. The van der Waals surface area contributed by atoms with Gasteiger partial charge < -0.3 is 0 Å². The van der Waals surface area contributed by atoms with E-state index in [0.29, 0.717) is 16.2 Å². The van der Waals surface area contributed by atoms with Gasteiger partial charge in [0.15, 0.2) is 6.33 Å². The number of rotatable bonds is 2. The van der Waals surface area contributed by atoms with Crippen molar-refractivity contribution < 1.29 is 9.07 Å². The predicted molar refractivity (Wildman–Crippen MR) is 91.0 cm³/mol. The number of nitrogens with one attached hydrogen (secondary N) is 1. The van der Waals surface area contributed by atoms with E-state index in [2.05, 4.69) is 15.1 Å². The van der Waals surface area contributed by atoms with Crippen molar-refractivity contribution in [2.45, 2.75) is 0 Å². The van der Waals surface area contributed by atoms with Gasteiger partial charge in [-0.1, -0.05) is 23.2 Å². The third-order valence-electron chi connectivity index (χ3n) is 3.63. The minimum atomic E-state index is -0.526. The molecule has 25 heavy (non-hydrogen) atoms. The topological polar surface area (TPSA) is 67.5 Å². The molecule has 0 unspecified atom stereocenters. The van der Waals surface area contributed by atoms with Crippen molar-refractivity contribution in [2.24, 2.45) is 0 Å². The fraction of sp³-hybridized carbons (Fsp3) is 0. The number of H-pyrrole nitrogens is 1. The third kappa shape index (κ3) is 2.67. The van der Waals surface area contributed by atoms with Gasteiger partial charge in [0.1, 0.15) is 17.0 Å². The summed E-state index contributed by atoms with van der Waals surface area (Å²) in [5, 5.41) is 3.66. The van der Waals surface area contributed by atoms with Gasteiger partial charge in [-0.3, -0.25) is 4.79 Å². The maximum atomic E-state index is 13.6. The zero-order chi connectivity index (χ0) is 17.6. The number of hydrogen-bond donors (Lipinski definition) is 1. The Morgan fingerprint density at radius 1 is 1.16 bits per heavy atom. The van der Waals surface area contributed by atoms with E-state index in [1.54, 1.807) is 12.1 Å². The standard InChI is InChI=1S/C16H8Cl2FN5O/c17-9-1-4-14(12(18)5-9)24-15(25)11-6-10(19)2-3-13(11)22-16(24)23-8-20-7-21-23/h1-8H/p+1. The average Bonchev–Trinajstić information content (AvgIpc) is 3.11. The molecule has 4 rings (SSSR count). The van der Waals surface area contributed by atoms with Crippen molar-refractivity contribution in [1.29, 1.82) is 0 Å². The molecule has 0 aliphatic heterocycles. The summed E-state index contributed by atoms with van der Waals surface area (Å²) in [6.45, 7) is 0. The Bertz CT molecular complexity index is 1160. The first kappa shape index (κ1) is 15.7. The lowest BCUT2D eigenvalue weighted by atomic mass is 10.2. The van der Waals surface area contributed by atoms with E-state index in [9.17, 15) is 9.18 Å². The van der Waals surface area contributed by atoms with Crippen LogP contribution in [-0.2, 0) is 0 Å². The number of halogens is 3. The van der Waals surface area contributed by atoms with Crippen LogP contribution in [-0.4, -0.2) is 19.6 Å². The van der Waals surface area contributed by atoms with Crippen molar-refractivity contribution >= 4 is 34.1 Å². The Labute approximate surface area is 150 Å². The zero-order valence-corrected chi connectivity index (χ0v) is 14.0. The van der Waals surface area contributed by atoms with Gasteiger partial charge in [-0.2, -0.15) is 4.57 Å². The first-order valence-electron chi connectivity index (χ1n) is 7.13. The third-order valence-corrected chi connectivity index (χ3v) is 4.17. The maximum Gasteiger partial charge on any atom is 0.384 e. The highest BCUT2D eigenvalue weighted by atomic mass is 35.5. The Hall–Kier alpha value is -2.77. The zero-order valence-electron chi connectivity index (χ0n) is 12.4. The smallest absolute Gasteiger partial charge is 0.254 e. The van der Waals surface area contributed by atoms with Crippen LogP contribution in [0.3, 0.4) is 0 Å². The van der Waals surface area contributed by atoms with Crippen LogP contribution in [0.25, 0.3) is 22.5 Å². The molecule has 0 aliphatic carbocycles. The molecule has 9 heteroatoms. The van der Waals surface area contributed by atoms with Gasteiger partial charge >= 0.3 is 11.5 Å². The lowest BCUT2D eigenvalue weighted by molar-refractivity contribution is -0.665. The Morgan fingerprint density at radius 3 is 2.72 bits per heavy atom. The molecule has 0 spiro atoms. The van der Waals surface area contributed by atoms with Gasteiger partial charge in [0.25, 0.3) is 0 Å². The second kappa shape index (κ2) is 5.94. The molecule has 2 heterocycles. The highest BCUT2D eigenvalue weighted by Gasteiger charge is 2.23. The number of fused-ring (bicyclic) bond motifs is 1. The van der Waals surface area contributed by atoms with Crippen LogP contribution in [0.5, 0.6) is 0 Å². The molecule has 2 aromatic heterocycles. The van der Waals surface area contributed by atoms with Crippen LogP contribution < -0.4 is 10.2 Å². The number of nitrogens with zero attached hydrogens (tertiary/aromatic N) is 4. The molecule has 4 aromatic rings. The number of benzene rings is 2. The second-order valence-corrected chi connectivity index (χ2v) is 6.05. The Balaban J connectivity index is 2.15. The van der Waals surface area contributed by atoms with Crippen LogP contribution >= 0.6 is 23.2 Å². The molecule has 1 N–H and O–H groups in total. The van der Waals surface area contributed by atoms with E-state index in [1.807, 2.05) is 0 Å². The van der Waals surface area contributed by atoms with Crippen molar-refractivity contribution in [1.82, 2.24) is 19.6 Å². The van der Waals surface area contributed by atoms with E-state index in [0.717, 1.165) is 6.07 Å². The van der Waals surface area contributed by atoms with Crippen molar-refractivity contribution in [3.8, 4) is 11.6 Å². The summed E-state index contributed by atoms with van der Waals surface area (Å²) in [4.78, 5) is 21.4. The van der Waals surface area contributed by atoms with E-state index >= 15 is 0 Å². The van der Waals surface area contributed by atoms with Crippen molar-refractivity contribution in [3.63, 3.8) is 0 Å². The average molecular weight is 377 g/mol. The number of aromatic amines is 1. The van der Waals surface area contributed by atoms with E-state index in [-0.39, 0.29) is 16.4 Å². The number of aromatic nitrogens is 5. The Kier molecular flexibility index (Phi) is 3.74. The minimum Gasteiger partial charge on any atom is -0.254 e. The monoisotopic (exact) mass is 376 g/mol. The molecule has 0 atom stereocenters. The quantitative estimate of drug-likeness (QED) is 0.547. The van der Waals surface area contributed by atoms with Crippen LogP contribution in [0.1, 0.15) is 0 Å². The second-order valence-electron chi connectivity index (χ2n) is 5.20. The molecule has 0 fully saturated rings. The molecule has 0 saturated carbocycles. The predicted octanol–water partition coefficient (Wildman–Crippen LogP) is 2.83. The minimum absolute atomic E-state index is 0.134. The van der Waals surface area contributed by atoms with Gasteiger partial charge in [0.05, 0.1) is 10.4 Å². The van der Waals surface area contributed by atoms with E-state index in [1.165, 1.54) is 40.1 Å². The largest absolute Gasteiger partial charge is 0.384 e. The van der Waals surface area contributed by atoms with Gasteiger partial charge in [-0.25, -0.2) is 9.49 Å². The highest BCUT2D eigenvalue weighted by Crippen LogP contribution is 2.25. The van der Waals surface area contributed by atoms with Crippen LogP contribution in [0.2, 0.25) is 10.0 Å². The maximum absolute atomic E-state index is 13.6. The van der Waals surface area contributed by atoms with E-state index in [4.69, 9.17) is 23.2 Å². The van der Waals surface area contributed by atoms with Gasteiger partial charge in [0.2, 0.25) is 6.33 Å². The summed E-state index contributed by atoms with van der Waals surface area (Å²) in [5.74, 6) is -0.298. The van der Waals surface area contributed by atoms with Crippen LogP contribution in [0.4, 0.5) is 4.39 Å². The van der Waals surface area contributed by atoms with Crippen LogP contribution in [0.15, 0.2) is 53.8 Å². The van der Waals surface area contributed by atoms with Crippen LogP contribution in [0, 0.1) is 5.82 Å². The van der Waals surface area contributed by atoms with Crippen molar-refractivity contribution in [3.05, 3.63) is 75.3 Å². The fourth-order valence-corrected chi connectivity index (χ4v) is 3.02. The normalized spacial score (nSPS) is 11.2. The van der Waals surface area contributed by atoms with Crippen molar-refractivity contribution in [2.75, 3.05) is 0 Å². The van der Waals surface area contributed by atoms with Gasteiger partial charge in [-0.05, 0) is 36.4 Å². The number of hydrogen-bond acceptors (Lipinski definition) is 3. The molecule has 124 valence electrons. The molecule has 0 radical (unpaired) electrons. The molecule has 0 aliphatic rings. The molecule has 0 bridgehead atoms. The molecule has 0 saturated heterocycles. The summed E-state index contributed by atoms with van der Waals surface area (Å²) >= 11 is 12.2. The molecule has 2 aromatic carbocycles. The highest BCUT2D eigenvalue weighted by molar-refractivity contribution is 6.35. The van der Waals surface area contributed by atoms with Gasteiger partial charge in [-0.15, -0.1) is 14.6 Å². The lowest BCUT2D eigenvalue weighted by Gasteiger charge is -2.09. The van der Waals surface area contributed by atoms with Gasteiger partial charge in [0, 0.05) is 5.02 Å². The summed E-state index contributed by atoms with van der Waals surface area (Å²) in [5.41, 5.74) is 0.252. The summed E-state index contributed by atoms with van der Waals surface area (Å²) < 4.78 is 16.3. The molecule has 0 amide bonds.